The van der Waals surface area contributed by atoms with Gasteiger partial charge < -0.3 is 10.6 Å². The van der Waals surface area contributed by atoms with Gasteiger partial charge in [-0.1, -0.05) is 0 Å². The van der Waals surface area contributed by atoms with E-state index in [1.165, 1.54) is 24.3 Å². The van der Waals surface area contributed by atoms with Gasteiger partial charge in [-0.3, -0.25) is 14.9 Å². The zero-order chi connectivity index (χ0) is 13.8. The number of likely N-dealkylation sites (tertiary alicyclic amines) is 1. The van der Waals surface area contributed by atoms with Crippen LogP contribution < -0.4 is 5.73 Å². The van der Waals surface area contributed by atoms with Gasteiger partial charge in [0.25, 0.3) is 11.6 Å². The third-order valence-corrected chi connectivity index (χ3v) is 3.46. The van der Waals surface area contributed by atoms with Crippen LogP contribution in [-0.2, 0) is 0 Å². The molecule has 0 radical (unpaired) electrons. The number of amides is 1. The molecule has 20 heavy (non-hydrogen) atoms. The summed E-state index contributed by atoms with van der Waals surface area (Å²) in [5, 5.41) is 10.6. The highest BCUT2D eigenvalue weighted by atomic mass is 35.5. The van der Waals surface area contributed by atoms with E-state index in [0.717, 1.165) is 19.4 Å². The van der Waals surface area contributed by atoms with E-state index in [4.69, 9.17) is 5.73 Å². The van der Waals surface area contributed by atoms with Crippen LogP contribution in [0.15, 0.2) is 24.3 Å². The standard InChI is InChI=1S/C13H17N3O3.ClH/c14-8-10-2-1-7-15(9-10)13(17)11-3-5-12(6-4-11)16(18)19;/h3-6,10H,1-2,7-9,14H2;1H. The minimum atomic E-state index is -0.473. The third-order valence-electron chi connectivity index (χ3n) is 3.46. The first-order valence-corrected chi connectivity index (χ1v) is 6.35. The lowest BCUT2D eigenvalue weighted by Gasteiger charge is -2.32. The molecule has 1 fully saturated rings. The molecule has 1 aliphatic rings. The van der Waals surface area contributed by atoms with E-state index in [2.05, 4.69) is 0 Å². The Hall–Kier alpha value is -1.66. The summed E-state index contributed by atoms with van der Waals surface area (Å²) >= 11 is 0. The molecule has 1 heterocycles. The molecule has 2 rings (SSSR count). The molecule has 1 aliphatic heterocycles. The molecule has 1 unspecified atom stereocenters. The number of carbonyl (C=O) groups excluding carboxylic acids is 1. The SMILES string of the molecule is Cl.NCC1CCCN(C(=O)c2ccc([N+](=O)[O-])cc2)C1. The molecule has 1 aromatic carbocycles. The molecule has 2 N–H and O–H groups in total. The van der Waals surface area contributed by atoms with Crippen molar-refractivity contribution < 1.29 is 9.72 Å². The van der Waals surface area contributed by atoms with Crippen LogP contribution in [0.1, 0.15) is 23.2 Å². The number of nitrogens with two attached hydrogens (primary N) is 1. The topological polar surface area (TPSA) is 89.5 Å². The van der Waals surface area contributed by atoms with E-state index in [9.17, 15) is 14.9 Å². The molecule has 1 saturated heterocycles. The fourth-order valence-electron chi connectivity index (χ4n) is 2.35. The summed E-state index contributed by atoms with van der Waals surface area (Å²) in [7, 11) is 0. The lowest BCUT2D eigenvalue weighted by atomic mass is 9.97. The lowest BCUT2D eigenvalue weighted by Crippen LogP contribution is -2.42. The Labute approximate surface area is 123 Å². The monoisotopic (exact) mass is 299 g/mol. The van der Waals surface area contributed by atoms with Crippen molar-refractivity contribution in [2.24, 2.45) is 11.7 Å². The number of carbonyl (C=O) groups is 1. The summed E-state index contributed by atoms with van der Waals surface area (Å²) in [6.45, 7) is 1.99. The Morgan fingerprint density at radius 1 is 1.40 bits per heavy atom. The number of hydrogen-bond acceptors (Lipinski definition) is 4. The predicted octanol–water partition coefficient (Wildman–Crippen LogP) is 1.83. The fourth-order valence-corrected chi connectivity index (χ4v) is 2.35. The second-order valence-electron chi connectivity index (χ2n) is 4.80. The lowest BCUT2D eigenvalue weighted by molar-refractivity contribution is -0.384. The number of nitro groups is 1. The molecule has 6 nitrogen and oxygen atoms in total. The number of halogens is 1. The summed E-state index contributed by atoms with van der Waals surface area (Å²) in [5.41, 5.74) is 6.13. The van der Waals surface area contributed by atoms with Crippen LogP contribution in [0.25, 0.3) is 0 Å². The molecular weight excluding hydrogens is 282 g/mol. The molecule has 7 heteroatoms. The Kier molecular flexibility index (Phi) is 5.91. The van der Waals surface area contributed by atoms with Crippen LogP contribution >= 0.6 is 12.4 Å². The van der Waals surface area contributed by atoms with Crippen molar-refractivity contribution in [2.45, 2.75) is 12.8 Å². The second-order valence-corrected chi connectivity index (χ2v) is 4.80. The highest BCUT2D eigenvalue weighted by Gasteiger charge is 2.23. The number of hydrogen-bond donors (Lipinski definition) is 1. The van der Waals surface area contributed by atoms with E-state index >= 15 is 0 Å². The highest BCUT2D eigenvalue weighted by molar-refractivity contribution is 5.94. The van der Waals surface area contributed by atoms with Crippen LogP contribution in [0.4, 0.5) is 5.69 Å². The molecule has 0 spiro atoms. The summed E-state index contributed by atoms with van der Waals surface area (Å²) in [4.78, 5) is 24.1. The van der Waals surface area contributed by atoms with Crippen LogP contribution in [0, 0.1) is 16.0 Å². The molecule has 0 aromatic heterocycles. The molecule has 0 aliphatic carbocycles. The predicted molar refractivity (Wildman–Crippen MR) is 78.0 cm³/mol. The molecule has 1 atom stereocenters. The van der Waals surface area contributed by atoms with Gasteiger partial charge in [-0.05, 0) is 37.4 Å². The number of benzene rings is 1. The van der Waals surface area contributed by atoms with Gasteiger partial charge in [-0.2, -0.15) is 0 Å². The van der Waals surface area contributed by atoms with Gasteiger partial charge >= 0.3 is 0 Å². The van der Waals surface area contributed by atoms with Gasteiger partial charge in [0.2, 0.25) is 0 Å². The van der Waals surface area contributed by atoms with Crippen molar-refractivity contribution in [1.29, 1.82) is 0 Å². The van der Waals surface area contributed by atoms with Crippen molar-refractivity contribution in [1.82, 2.24) is 4.90 Å². The zero-order valence-electron chi connectivity index (χ0n) is 11.0. The minimum absolute atomic E-state index is 0. The first kappa shape index (κ1) is 16.4. The first-order chi connectivity index (χ1) is 9.11. The zero-order valence-corrected chi connectivity index (χ0v) is 11.8. The van der Waals surface area contributed by atoms with E-state index < -0.39 is 4.92 Å². The second kappa shape index (κ2) is 7.21. The smallest absolute Gasteiger partial charge is 0.269 e. The summed E-state index contributed by atoms with van der Waals surface area (Å²) in [6, 6.07) is 5.73. The van der Waals surface area contributed by atoms with Crippen molar-refractivity contribution >= 4 is 24.0 Å². The van der Waals surface area contributed by atoms with Crippen molar-refractivity contribution in [2.75, 3.05) is 19.6 Å². The number of nitrogens with zero attached hydrogens (tertiary/aromatic N) is 2. The normalized spacial score (nSPS) is 18.2. The highest BCUT2D eigenvalue weighted by Crippen LogP contribution is 2.19. The quantitative estimate of drug-likeness (QED) is 0.681. The first-order valence-electron chi connectivity index (χ1n) is 6.35. The van der Waals surface area contributed by atoms with E-state index in [-0.39, 0.29) is 24.0 Å². The van der Waals surface area contributed by atoms with Gasteiger partial charge in [0.05, 0.1) is 4.92 Å². The Bertz CT molecular complexity index is 478. The maximum Gasteiger partial charge on any atom is 0.269 e. The Morgan fingerprint density at radius 2 is 2.05 bits per heavy atom. The molecule has 1 amide bonds. The van der Waals surface area contributed by atoms with Gasteiger partial charge in [-0.15, -0.1) is 12.4 Å². The summed E-state index contributed by atoms with van der Waals surface area (Å²) in [5.74, 6) is 0.281. The largest absolute Gasteiger partial charge is 0.338 e. The Balaban J connectivity index is 0.00000200. The Morgan fingerprint density at radius 3 is 2.60 bits per heavy atom. The third kappa shape index (κ3) is 3.68. The van der Waals surface area contributed by atoms with E-state index in [1.54, 1.807) is 4.90 Å². The molecule has 1 aromatic rings. The maximum atomic E-state index is 12.3. The fraction of sp³-hybridized carbons (Fsp3) is 0.462. The molecule has 0 bridgehead atoms. The number of piperidine rings is 1. The van der Waals surface area contributed by atoms with Gasteiger partial charge in [0.1, 0.15) is 0 Å². The number of rotatable bonds is 3. The van der Waals surface area contributed by atoms with E-state index in [1.807, 2.05) is 0 Å². The van der Waals surface area contributed by atoms with E-state index in [0.29, 0.717) is 24.6 Å². The van der Waals surface area contributed by atoms with Gasteiger partial charge in [0, 0.05) is 30.8 Å². The number of non-ortho nitro benzene ring substituents is 1. The van der Waals surface area contributed by atoms with Crippen LogP contribution in [0.5, 0.6) is 0 Å². The van der Waals surface area contributed by atoms with Crippen LogP contribution in [0.3, 0.4) is 0 Å². The summed E-state index contributed by atoms with van der Waals surface area (Å²) in [6.07, 6.45) is 2.02. The van der Waals surface area contributed by atoms with Gasteiger partial charge in [-0.25, -0.2) is 0 Å². The van der Waals surface area contributed by atoms with Crippen molar-refractivity contribution in [3.05, 3.63) is 39.9 Å². The maximum absolute atomic E-state index is 12.3. The minimum Gasteiger partial charge on any atom is -0.338 e. The van der Waals surface area contributed by atoms with Crippen molar-refractivity contribution in [3.8, 4) is 0 Å². The number of nitro benzene ring substituents is 1. The molecule has 0 saturated carbocycles. The average Bonchev–Trinajstić information content (AvgIpc) is 2.46. The summed E-state index contributed by atoms with van der Waals surface area (Å²) < 4.78 is 0. The molecule has 110 valence electrons. The average molecular weight is 300 g/mol. The van der Waals surface area contributed by atoms with Crippen molar-refractivity contribution in [3.63, 3.8) is 0 Å². The molecular formula is C13H18ClN3O3. The van der Waals surface area contributed by atoms with Crippen LogP contribution in [-0.4, -0.2) is 35.4 Å². The van der Waals surface area contributed by atoms with Crippen LogP contribution in [0.2, 0.25) is 0 Å². The van der Waals surface area contributed by atoms with Gasteiger partial charge in [0.15, 0.2) is 0 Å².